The largest absolute Gasteiger partial charge is 0.374 e. The van der Waals surface area contributed by atoms with Crippen molar-refractivity contribution in [1.29, 1.82) is 0 Å². The van der Waals surface area contributed by atoms with Crippen LogP contribution >= 0.6 is 11.6 Å². The molecule has 4 aliphatic rings. The van der Waals surface area contributed by atoms with Gasteiger partial charge in [0.25, 0.3) is 0 Å². The van der Waals surface area contributed by atoms with E-state index in [1.54, 1.807) is 16.8 Å². The predicted octanol–water partition coefficient (Wildman–Crippen LogP) is 3.90. The third kappa shape index (κ3) is 1.43. The van der Waals surface area contributed by atoms with Crippen LogP contribution in [-0.2, 0) is 0 Å². The van der Waals surface area contributed by atoms with Gasteiger partial charge in [0.1, 0.15) is 0 Å². The minimum atomic E-state index is 0.0794. The van der Waals surface area contributed by atoms with Gasteiger partial charge in [-0.25, -0.2) is 0 Å². The molecule has 5 bridgehead atoms. The Bertz CT molecular complexity index is 610. The molecule has 4 rings (SSSR count). The van der Waals surface area contributed by atoms with E-state index in [1.807, 2.05) is 0 Å². The van der Waals surface area contributed by atoms with Gasteiger partial charge in [0, 0.05) is 35.4 Å². The molecule has 0 aromatic carbocycles. The minimum absolute atomic E-state index is 0.0794. The van der Waals surface area contributed by atoms with Crippen molar-refractivity contribution in [3.63, 3.8) is 0 Å². The molecule has 0 saturated heterocycles. The Morgan fingerprint density at radius 1 is 1.40 bits per heavy atom. The van der Waals surface area contributed by atoms with E-state index >= 15 is 0 Å². The zero-order valence-electron chi connectivity index (χ0n) is 12.4. The van der Waals surface area contributed by atoms with Gasteiger partial charge in [-0.05, 0) is 42.4 Å². The first kappa shape index (κ1) is 12.7. The van der Waals surface area contributed by atoms with E-state index < -0.39 is 0 Å². The Morgan fingerprint density at radius 2 is 2.20 bits per heavy atom. The maximum absolute atomic E-state index is 6.36. The van der Waals surface area contributed by atoms with Crippen molar-refractivity contribution in [1.82, 2.24) is 4.90 Å². The SMILES string of the molecule is CC1C2CC3=C(CCC4=C3/C=C(/Cl)C/N=C\C41C)N2C. The molecule has 0 aromatic rings. The second kappa shape index (κ2) is 4.00. The lowest BCUT2D eigenvalue weighted by atomic mass is 9.66. The number of allylic oxidation sites excluding steroid dienone is 4. The van der Waals surface area contributed by atoms with Crippen LogP contribution in [0, 0.1) is 11.3 Å². The van der Waals surface area contributed by atoms with Gasteiger partial charge in [-0.2, -0.15) is 0 Å². The molecule has 0 saturated carbocycles. The number of nitrogens with zero attached hydrogens (tertiary/aromatic N) is 2. The molecule has 2 aliphatic heterocycles. The van der Waals surface area contributed by atoms with Crippen molar-refractivity contribution in [3.05, 3.63) is 33.5 Å². The predicted molar refractivity (Wildman–Crippen MR) is 84.0 cm³/mol. The highest BCUT2D eigenvalue weighted by Crippen LogP contribution is 2.55. The Labute approximate surface area is 125 Å². The highest BCUT2D eigenvalue weighted by atomic mass is 35.5. The number of halogens is 1. The van der Waals surface area contributed by atoms with Crippen LogP contribution < -0.4 is 0 Å². The monoisotopic (exact) mass is 288 g/mol. The van der Waals surface area contributed by atoms with Gasteiger partial charge in [0.15, 0.2) is 0 Å². The molecule has 0 fully saturated rings. The molecule has 3 heteroatoms. The summed E-state index contributed by atoms with van der Waals surface area (Å²) in [5.74, 6) is 0.585. The lowest BCUT2D eigenvalue weighted by Crippen LogP contribution is -2.44. The molecular weight excluding hydrogens is 268 g/mol. The lowest BCUT2D eigenvalue weighted by Gasteiger charge is -2.45. The van der Waals surface area contributed by atoms with E-state index in [0.29, 0.717) is 18.5 Å². The van der Waals surface area contributed by atoms with Gasteiger partial charge in [-0.15, -0.1) is 0 Å². The molecule has 106 valence electrons. The molecule has 0 radical (unpaired) electrons. The van der Waals surface area contributed by atoms with Crippen molar-refractivity contribution in [2.24, 2.45) is 16.3 Å². The minimum Gasteiger partial charge on any atom is -0.374 e. The van der Waals surface area contributed by atoms with E-state index in [0.717, 1.165) is 11.5 Å². The van der Waals surface area contributed by atoms with E-state index in [-0.39, 0.29) is 5.41 Å². The van der Waals surface area contributed by atoms with Crippen molar-refractivity contribution in [3.8, 4) is 0 Å². The van der Waals surface area contributed by atoms with Gasteiger partial charge in [-0.1, -0.05) is 31.0 Å². The van der Waals surface area contributed by atoms with Gasteiger partial charge < -0.3 is 4.90 Å². The molecular formula is C17H21ClN2. The van der Waals surface area contributed by atoms with Crippen LogP contribution in [0.15, 0.2) is 38.5 Å². The average molecular weight is 289 g/mol. The number of likely N-dealkylation sites (tertiary alicyclic amines) is 1. The fraction of sp³-hybridized carbons (Fsp3) is 0.588. The standard InChI is InChI=1S/C17H21ClN2/c1-10-16-7-13-12-6-11(18)8-19-9-17(10,2)14(12)4-5-15(13)20(16)3/h6,9-10,16H,4-5,7-8H2,1-3H3/b11-6+,19-9-. The smallest absolute Gasteiger partial charge is 0.0743 e. The first-order chi connectivity index (χ1) is 9.52. The first-order valence-corrected chi connectivity index (χ1v) is 7.96. The van der Waals surface area contributed by atoms with Gasteiger partial charge in [0.05, 0.1) is 6.54 Å². The van der Waals surface area contributed by atoms with E-state index in [1.165, 1.54) is 18.4 Å². The maximum Gasteiger partial charge on any atom is 0.0743 e. The summed E-state index contributed by atoms with van der Waals surface area (Å²) >= 11 is 6.36. The molecule has 0 N–H and O–H groups in total. The summed E-state index contributed by atoms with van der Waals surface area (Å²) < 4.78 is 0. The van der Waals surface area contributed by atoms with Crippen molar-refractivity contribution >= 4 is 17.8 Å². The Balaban J connectivity index is 2.05. The topological polar surface area (TPSA) is 15.6 Å². The summed E-state index contributed by atoms with van der Waals surface area (Å²) in [7, 11) is 2.27. The van der Waals surface area contributed by atoms with E-state index in [2.05, 4.69) is 43.1 Å². The van der Waals surface area contributed by atoms with Crippen molar-refractivity contribution in [2.75, 3.05) is 13.6 Å². The van der Waals surface area contributed by atoms with Crippen LogP contribution in [0.1, 0.15) is 33.1 Å². The number of aliphatic imine (C=N–C) groups is 1. The summed E-state index contributed by atoms with van der Waals surface area (Å²) in [5.41, 5.74) is 6.20. The number of rotatable bonds is 0. The van der Waals surface area contributed by atoms with Crippen LogP contribution in [0.2, 0.25) is 0 Å². The van der Waals surface area contributed by atoms with Crippen molar-refractivity contribution < 1.29 is 0 Å². The molecule has 0 spiro atoms. The quantitative estimate of drug-likeness (QED) is 0.660. The molecule has 3 unspecified atom stereocenters. The Kier molecular flexibility index (Phi) is 2.54. The van der Waals surface area contributed by atoms with Crippen LogP contribution in [0.5, 0.6) is 0 Å². The summed E-state index contributed by atoms with van der Waals surface area (Å²) in [6, 6.07) is 0.606. The fourth-order valence-electron chi connectivity index (χ4n) is 4.67. The van der Waals surface area contributed by atoms with Crippen LogP contribution in [0.25, 0.3) is 0 Å². The highest BCUT2D eigenvalue weighted by molar-refractivity contribution is 6.30. The molecule has 20 heavy (non-hydrogen) atoms. The third-order valence-electron chi connectivity index (χ3n) is 6.02. The number of hydrogen-bond acceptors (Lipinski definition) is 2. The number of fused-ring (bicyclic) bond motifs is 1. The Morgan fingerprint density at radius 3 is 3.00 bits per heavy atom. The summed E-state index contributed by atoms with van der Waals surface area (Å²) in [5, 5.41) is 0.866. The van der Waals surface area contributed by atoms with Crippen LogP contribution in [0.4, 0.5) is 0 Å². The molecule has 3 atom stereocenters. The van der Waals surface area contributed by atoms with Gasteiger partial charge in [0.2, 0.25) is 0 Å². The fourth-order valence-corrected chi connectivity index (χ4v) is 4.85. The Hall–Kier alpha value is -1.02. The summed E-state index contributed by atoms with van der Waals surface area (Å²) in [6.45, 7) is 5.41. The van der Waals surface area contributed by atoms with E-state index in [4.69, 9.17) is 11.6 Å². The maximum atomic E-state index is 6.36. The first-order valence-electron chi connectivity index (χ1n) is 7.58. The van der Waals surface area contributed by atoms with Crippen LogP contribution in [0.3, 0.4) is 0 Å². The molecule has 2 aliphatic carbocycles. The number of hydrogen-bond donors (Lipinski definition) is 0. The molecule has 2 nitrogen and oxygen atoms in total. The summed E-state index contributed by atoms with van der Waals surface area (Å²) in [4.78, 5) is 7.16. The van der Waals surface area contributed by atoms with Crippen molar-refractivity contribution in [2.45, 2.75) is 39.2 Å². The lowest BCUT2D eigenvalue weighted by molar-refractivity contribution is 0.175. The highest BCUT2D eigenvalue weighted by Gasteiger charge is 2.49. The zero-order valence-corrected chi connectivity index (χ0v) is 13.2. The van der Waals surface area contributed by atoms with Crippen LogP contribution in [-0.4, -0.2) is 30.7 Å². The van der Waals surface area contributed by atoms with Gasteiger partial charge in [-0.3, -0.25) is 4.99 Å². The second-order valence-electron chi connectivity index (χ2n) is 6.83. The average Bonchev–Trinajstić information content (AvgIpc) is 2.71. The van der Waals surface area contributed by atoms with E-state index in [9.17, 15) is 0 Å². The summed E-state index contributed by atoms with van der Waals surface area (Å²) in [6.07, 6.45) is 7.91. The normalized spacial score (nSPS) is 43.2. The van der Waals surface area contributed by atoms with Gasteiger partial charge >= 0.3 is 0 Å². The third-order valence-corrected chi connectivity index (χ3v) is 6.25. The molecule has 0 aromatic heterocycles. The molecule has 2 heterocycles. The molecule has 0 amide bonds. The second-order valence-corrected chi connectivity index (χ2v) is 7.32. The zero-order chi connectivity index (χ0) is 14.1.